The van der Waals surface area contributed by atoms with E-state index in [0.29, 0.717) is 0 Å². The molecule has 0 aliphatic carbocycles. The second-order valence-electron chi connectivity index (χ2n) is 2.25. The second-order valence-corrected chi connectivity index (χ2v) is 3.71. The third-order valence-electron chi connectivity index (χ3n) is 0.584. The van der Waals surface area contributed by atoms with Crippen LogP contribution in [0.5, 0.6) is 0 Å². The van der Waals surface area contributed by atoms with E-state index in [4.69, 9.17) is 20.2 Å². The maximum absolute atomic E-state index is 10.5. The molecular formula is C10H32NO7P. The van der Waals surface area contributed by atoms with E-state index in [0.717, 1.165) is 0 Å². The van der Waals surface area contributed by atoms with Crippen LogP contribution in [-0.2, 0) is 13.6 Å². The van der Waals surface area contributed by atoms with Gasteiger partial charge in [0, 0.05) is 19.8 Å². The summed E-state index contributed by atoms with van der Waals surface area (Å²) in [6, 6.07) is 0. The largest absolute Gasteiger partial charge is 0.472 e. The highest BCUT2D eigenvalue weighted by atomic mass is 31.2. The Morgan fingerprint density at radius 3 is 1.05 bits per heavy atom. The van der Waals surface area contributed by atoms with Gasteiger partial charge in [-0.25, -0.2) is 4.57 Å². The molecule has 0 saturated carbocycles. The zero-order valence-corrected chi connectivity index (χ0v) is 13.6. The van der Waals surface area contributed by atoms with Gasteiger partial charge in [-0.1, -0.05) is 0 Å². The molecule has 9 heteroatoms. The summed E-state index contributed by atoms with van der Waals surface area (Å²) in [5, 5.41) is 22.7. The van der Waals surface area contributed by atoms with E-state index in [1.807, 2.05) is 0 Å². The van der Waals surface area contributed by atoms with E-state index in [1.165, 1.54) is 0 Å². The average molecular weight is 309 g/mol. The van der Waals surface area contributed by atoms with Crippen molar-refractivity contribution in [2.45, 2.75) is 34.6 Å². The molecule has 124 valence electrons. The third kappa shape index (κ3) is 72.3. The normalized spacial score (nSPS) is 8.47. The first kappa shape index (κ1) is 31.4. The number of aliphatic hydroxyl groups excluding tert-OH is 3. The van der Waals surface area contributed by atoms with Crippen LogP contribution in [0.2, 0.25) is 0 Å². The molecular weight excluding hydrogens is 277 g/mol. The van der Waals surface area contributed by atoms with Crippen molar-refractivity contribution in [3.63, 3.8) is 0 Å². The number of phosphoric ester groups is 1. The summed E-state index contributed by atoms with van der Waals surface area (Å²) < 4.78 is 19.2. The lowest BCUT2D eigenvalue weighted by molar-refractivity contribution is 0.161. The lowest BCUT2D eigenvalue weighted by Crippen LogP contribution is -1.93. The molecule has 0 aliphatic heterocycles. The Hall–Kier alpha value is -0.0500. The van der Waals surface area contributed by atoms with Crippen molar-refractivity contribution in [3.05, 3.63) is 0 Å². The summed E-state index contributed by atoms with van der Waals surface area (Å²) in [4.78, 5) is 8.63. The Bertz CT molecular complexity index is 146. The molecule has 0 aromatic rings. The summed E-state index contributed by atoms with van der Waals surface area (Å²) in [5.41, 5.74) is 0. The van der Waals surface area contributed by atoms with Crippen LogP contribution < -0.4 is 6.15 Å². The van der Waals surface area contributed by atoms with Crippen LogP contribution in [-0.4, -0.2) is 53.2 Å². The van der Waals surface area contributed by atoms with Crippen molar-refractivity contribution < 1.29 is 33.8 Å². The molecule has 0 amide bonds. The maximum atomic E-state index is 10.5. The van der Waals surface area contributed by atoms with Gasteiger partial charge in [-0.15, -0.1) is 0 Å². The second kappa shape index (κ2) is 30.8. The van der Waals surface area contributed by atoms with Crippen LogP contribution in [0.15, 0.2) is 0 Å². The molecule has 0 spiro atoms. The highest BCUT2D eigenvalue weighted by Gasteiger charge is 2.17. The van der Waals surface area contributed by atoms with E-state index in [2.05, 4.69) is 9.05 Å². The van der Waals surface area contributed by atoms with Crippen LogP contribution >= 0.6 is 7.82 Å². The molecule has 0 saturated heterocycles. The van der Waals surface area contributed by atoms with Crippen LogP contribution in [0.3, 0.4) is 0 Å². The molecule has 0 aliphatic rings. The zero-order chi connectivity index (χ0) is 15.4. The fourth-order valence-corrected chi connectivity index (χ4v) is 1.09. The monoisotopic (exact) mass is 309 g/mol. The van der Waals surface area contributed by atoms with E-state index in [-0.39, 0.29) is 39.2 Å². The Morgan fingerprint density at radius 1 is 0.789 bits per heavy atom. The quantitative estimate of drug-likeness (QED) is 0.487. The first-order valence-electron chi connectivity index (χ1n) is 5.81. The molecule has 0 fully saturated rings. The summed E-state index contributed by atoms with van der Waals surface area (Å²) in [5.74, 6) is 0. The summed E-state index contributed by atoms with van der Waals surface area (Å²) in [6.45, 7) is 9.42. The van der Waals surface area contributed by atoms with Crippen LogP contribution in [0.25, 0.3) is 0 Å². The number of hydrogen-bond acceptors (Lipinski definition) is 7. The Labute approximate surface area is 116 Å². The Kier molecular flexibility index (Phi) is 50.8. The summed E-state index contributed by atoms with van der Waals surface area (Å²) >= 11 is 0. The van der Waals surface area contributed by atoms with Gasteiger partial charge in [-0.05, 0) is 34.6 Å². The van der Waals surface area contributed by atoms with Gasteiger partial charge < -0.3 is 26.4 Å². The highest BCUT2D eigenvalue weighted by Crippen LogP contribution is 2.42. The molecule has 0 aromatic heterocycles. The first-order chi connectivity index (χ1) is 8.36. The van der Waals surface area contributed by atoms with Crippen LogP contribution in [0.4, 0.5) is 0 Å². The van der Waals surface area contributed by atoms with Crippen molar-refractivity contribution in [1.82, 2.24) is 6.15 Å². The lowest BCUT2D eigenvalue weighted by Gasteiger charge is -2.07. The molecule has 0 aromatic carbocycles. The summed E-state index contributed by atoms with van der Waals surface area (Å²) in [6.07, 6.45) is 0. The maximum Gasteiger partial charge on any atom is 0.472 e. The minimum absolute atomic E-state index is 0. The molecule has 7 N–H and O–H groups in total. The Morgan fingerprint density at radius 2 is 0.947 bits per heavy atom. The number of hydrogen-bond donors (Lipinski definition) is 5. The molecule has 0 radical (unpaired) electrons. The Balaban J connectivity index is -0.0000000548. The van der Waals surface area contributed by atoms with Crippen LogP contribution in [0.1, 0.15) is 34.6 Å². The van der Waals surface area contributed by atoms with Crippen molar-refractivity contribution in [2.75, 3.05) is 33.0 Å². The molecule has 0 unspecified atom stereocenters. The molecule has 0 heterocycles. The molecule has 8 nitrogen and oxygen atoms in total. The first-order valence-corrected chi connectivity index (χ1v) is 7.30. The average Bonchev–Trinajstić information content (AvgIpc) is 2.20. The van der Waals surface area contributed by atoms with Crippen LogP contribution in [0, 0.1) is 0 Å². The SMILES string of the molecule is CCO.CCO.CCO.CCOP(=O)(O)OCC.N. The van der Waals surface area contributed by atoms with Gasteiger partial charge in [-0.2, -0.15) is 0 Å². The topological polar surface area (TPSA) is 151 Å². The van der Waals surface area contributed by atoms with E-state index in [9.17, 15) is 4.57 Å². The van der Waals surface area contributed by atoms with Gasteiger partial charge in [-0.3, -0.25) is 9.05 Å². The van der Waals surface area contributed by atoms with E-state index in [1.54, 1.807) is 34.6 Å². The van der Waals surface area contributed by atoms with Crippen molar-refractivity contribution in [1.29, 1.82) is 0 Å². The highest BCUT2D eigenvalue weighted by molar-refractivity contribution is 7.47. The number of rotatable bonds is 4. The lowest BCUT2D eigenvalue weighted by atomic mass is 10.9. The molecule has 0 rings (SSSR count). The fraction of sp³-hybridized carbons (Fsp3) is 1.00. The van der Waals surface area contributed by atoms with Gasteiger partial charge in [0.1, 0.15) is 0 Å². The van der Waals surface area contributed by atoms with Gasteiger partial charge >= 0.3 is 7.82 Å². The molecule has 0 bridgehead atoms. The van der Waals surface area contributed by atoms with Gasteiger partial charge in [0.15, 0.2) is 0 Å². The minimum Gasteiger partial charge on any atom is -0.397 e. The predicted octanol–water partition coefficient (Wildman–Crippen LogP) is 1.32. The number of aliphatic hydroxyl groups is 3. The standard InChI is InChI=1S/C4H11O4P.3C2H6O.H3N/c1-3-7-9(5,6)8-4-2;3*1-2-3;/h3-4H2,1-2H3,(H,5,6);3*3H,2H2,1H3;1H3. The molecule has 0 atom stereocenters. The summed E-state index contributed by atoms with van der Waals surface area (Å²) in [7, 11) is -3.69. The predicted molar refractivity (Wildman–Crippen MR) is 76.4 cm³/mol. The van der Waals surface area contributed by atoms with Gasteiger partial charge in [0.2, 0.25) is 0 Å². The minimum atomic E-state index is -3.69. The van der Waals surface area contributed by atoms with E-state index >= 15 is 0 Å². The van der Waals surface area contributed by atoms with Crippen molar-refractivity contribution >= 4 is 7.82 Å². The number of phosphoric acid groups is 1. The third-order valence-corrected chi connectivity index (χ3v) is 1.75. The smallest absolute Gasteiger partial charge is 0.397 e. The van der Waals surface area contributed by atoms with Gasteiger partial charge in [0.05, 0.1) is 13.2 Å². The zero-order valence-electron chi connectivity index (χ0n) is 12.7. The van der Waals surface area contributed by atoms with E-state index < -0.39 is 7.82 Å². The fourth-order valence-electron chi connectivity index (χ4n) is 0.364. The van der Waals surface area contributed by atoms with Gasteiger partial charge in [0.25, 0.3) is 0 Å². The van der Waals surface area contributed by atoms with Crippen molar-refractivity contribution in [2.24, 2.45) is 0 Å². The molecule has 19 heavy (non-hydrogen) atoms. The van der Waals surface area contributed by atoms with Crippen molar-refractivity contribution in [3.8, 4) is 0 Å².